The Balaban J connectivity index is 1.42. The van der Waals surface area contributed by atoms with Gasteiger partial charge in [0, 0.05) is 6.42 Å². The summed E-state index contributed by atoms with van der Waals surface area (Å²) in [7, 11) is 1.49. The zero-order valence-electron chi connectivity index (χ0n) is 19.8. The van der Waals surface area contributed by atoms with Crippen molar-refractivity contribution in [2.45, 2.75) is 104 Å². The minimum absolute atomic E-state index is 0.0673. The van der Waals surface area contributed by atoms with Crippen LogP contribution in [0, 0.1) is 40.4 Å². The van der Waals surface area contributed by atoms with E-state index in [0.29, 0.717) is 17.3 Å². The summed E-state index contributed by atoms with van der Waals surface area (Å²) in [5.41, 5.74) is 2.43. The number of aliphatic hydroxyl groups is 1. The predicted octanol–water partition coefficient (Wildman–Crippen LogP) is 6.30. The lowest BCUT2D eigenvalue weighted by Crippen LogP contribution is -2.50. The number of carbonyl (C=O) groups is 1. The number of carbonyl (C=O) groups excluding carboxylic acids is 1. The smallest absolute Gasteiger partial charge is 0.305 e. The van der Waals surface area contributed by atoms with E-state index in [0.717, 1.165) is 55.3 Å². The monoisotopic (exact) mass is 416 g/mol. The molecule has 4 aliphatic carbocycles. The van der Waals surface area contributed by atoms with Gasteiger partial charge in [-0.05, 0) is 98.2 Å². The highest BCUT2D eigenvalue weighted by atomic mass is 16.5. The summed E-state index contributed by atoms with van der Waals surface area (Å²) >= 11 is 0. The molecule has 0 radical (unpaired) electrons. The van der Waals surface area contributed by atoms with E-state index in [4.69, 9.17) is 4.74 Å². The molecule has 0 heterocycles. The lowest BCUT2D eigenvalue weighted by atomic mass is 9.47. The predicted molar refractivity (Wildman–Crippen MR) is 121 cm³/mol. The van der Waals surface area contributed by atoms with Crippen molar-refractivity contribution in [2.75, 3.05) is 7.11 Å². The number of aliphatic hydroxyl groups excluding tert-OH is 1. The summed E-state index contributed by atoms with van der Waals surface area (Å²) in [5, 5.41) is 10.2. The van der Waals surface area contributed by atoms with Crippen molar-refractivity contribution in [3.8, 4) is 0 Å². The standard InChI is InChI=1S/C27H44O3/c1-18(7-5-6-8-25(29)30-4)22-11-12-23-21-10-9-19-17-20(28)13-15-26(19,2)24(21)14-16-27(22,23)3/h9,18,20-24,28H,5-8,10-17H2,1-4H3/t18-,20+,21+,22-,23+,24+,26+,27-/m1/s1. The molecule has 0 amide bonds. The van der Waals surface area contributed by atoms with Gasteiger partial charge in [0.2, 0.25) is 0 Å². The fourth-order valence-corrected chi connectivity index (χ4v) is 8.66. The van der Waals surface area contributed by atoms with Crippen LogP contribution < -0.4 is 0 Å². The molecule has 0 aromatic carbocycles. The highest BCUT2D eigenvalue weighted by Gasteiger charge is 2.59. The second-order valence-corrected chi connectivity index (χ2v) is 11.7. The molecule has 3 nitrogen and oxygen atoms in total. The minimum atomic E-state index is -0.106. The fraction of sp³-hybridized carbons (Fsp3) is 0.889. The normalized spacial score (nSPS) is 43.8. The van der Waals surface area contributed by atoms with Crippen LogP contribution in [0.2, 0.25) is 0 Å². The van der Waals surface area contributed by atoms with E-state index in [2.05, 4.69) is 26.8 Å². The molecule has 0 bridgehead atoms. The molecule has 8 atom stereocenters. The van der Waals surface area contributed by atoms with Gasteiger partial charge in [0.25, 0.3) is 0 Å². The van der Waals surface area contributed by atoms with E-state index in [9.17, 15) is 9.90 Å². The second kappa shape index (κ2) is 8.60. The van der Waals surface area contributed by atoms with Gasteiger partial charge in [-0.3, -0.25) is 4.79 Å². The average molecular weight is 417 g/mol. The number of hydrogen-bond acceptors (Lipinski definition) is 3. The van der Waals surface area contributed by atoms with Crippen LogP contribution in [0.5, 0.6) is 0 Å². The molecule has 4 aliphatic rings. The van der Waals surface area contributed by atoms with E-state index >= 15 is 0 Å². The third-order valence-electron chi connectivity index (χ3n) is 10.4. The molecule has 0 spiro atoms. The summed E-state index contributed by atoms with van der Waals surface area (Å²) < 4.78 is 4.79. The van der Waals surface area contributed by atoms with Gasteiger partial charge >= 0.3 is 5.97 Å². The van der Waals surface area contributed by atoms with Crippen molar-refractivity contribution < 1.29 is 14.6 Å². The Labute approximate surface area is 184 Å². The molecule has 1 N–H and O–H groups in total. The zero-order valence-corrected chi connectivity index (χ0v) is 19.8. The number of esters is 1. The molecule has 170 valence electrons. The van der Waals surface area contributed by atoms with E-state index in [1.165, 1.54) is 52.1 Å². The number of fused-ring (bicyclic) bond motifs is 5. The van der Waals surface area contributed by atoms with Crippen molar-refractivity contribution in [1.82, 2.24) is 0 Å². The number of unbranched alkanes of at least 4 members (excludes halogenated alkanes) is 1. The first-order valence-corrected chi connectivity index (χ1v) is 12.7. The Kier molecular flexibility index (Phi) is 6.41. The summed E-state index contributed by atoms with van der Waals surface area (Å²) in [6, 6.07) is 0. The van der Waals surface area contributed by atoms with Crippen LogP contribution in [-0.2, 0) is 9.53 Å². The lowest BCUT2D eigenvalue weighted by Gasteiger charge is -2.58. The van der Waals surface area contributed by atoms with Gasteiger partial charge in [-0.1, -0.05) is 45.3 Å². The molecule has 0 aromatic rings. The molecule has 4 rings (SSSR count). The van der Waals surface area contributed by atoms with Gasteiger partial charge < -0.3 is 9.84 Å². The van der Waals surface area contributed by atoms with Crippen molar-refractivity contribution in [1.29, 1.82) is 0 Å². The molecule has 0 aromatic heterocycles. The van der Waals surface area contributed by atoms with Crippen LogP contribution in [0.4, 0.5) is 0 Å². The largest absolute Gasteiger partial charge is 0.469 e. The first-order chi connectivity index (χ1) is 14.3. The Morgan fingerprint density at radius 1 is 1.17 bits per heavy atom. The average Bonchev–Trinajstić information content (AvgIpc) is 3.08. The molecule has 3 fully saturated rings. The molecule has 3 heteroatoms. The van der Waals surface area contributed by atoms with Crippen molar-refractivity contribution in [2.24, 2.45) is 40.4 Å². The van der Waals surface area contributed by atoms with Gasteiger partial charge in [0.1, 0.15) is 0 Å². The SMILES string of the molecule is COC(=O)CCCC[C@@H](C)[C@H]1CC[C@H]2[C@@H]3CC=C4C[C@@H](O)CC[C@]4(C)[C@H]3CC[C@]12C. The zero-order chi connectivity index (χ0) is 21.5. The second-order valence-electron chi connectivity index (χ2n) is 11.7. The first-order valence-electron chi connectivity index (χ1n) is 12.7. The number of methoxy groups -OCH3 is 1. The summed E-state index contributed by atoms with van der Waals surface area (Å²) in [5.74, 6) is 4.08. The maximum Gasteiger partial charge on any atom is 0.305 e. The van der Waals surface area contributed by atoms with Crippen molar-refractivity contribution >= 4 is 5.97 Å². The molecular weight excluding hydrogens is 372 g/mol. The number of rotatable bonds is 6. The van der Waals surface area contributed by atoms with E-state index in [1.54, 1.807) is 5.57 Å². The maximum absolute atomic E-state index is 11.4. The first kappa shape index (κ1) is 22.4. The number of hydrogen-bond donors (Lipinski definition) is 1. The van der Waals surface area contributed by atoms with E-state index < -0.39 is 0 Å². The Bertz CT molecular complexity index is 669. The summed E-state index contributed by atoms with van der Waals surface area (Å²) in [6.07, 6.45) is 16.3. The third kappa shape index (κ3) is 3.78. The van der Waals surface area contributed by atoms with Crippen LogP contribution in [0.1, 0.15) is 97.8 Å². The van der Waals surface area contributed by atoms with E-state index in [-0.39, 0.29) is 12.1 Å². The molecule has 0 unspecified atom stereocenters. The van der Waals surface area contributed by atoms with Gasteiger partial charge in [-0.2, -0.15) is 0 Å². The van der Waals surface area contributed by atoms with Gasteiger partial charge in [-0.15, -0.1) is 0 Å². The molecular formula is C27H44O3. The topological polar surface area (TPSA) is 46.5 Å². The van der Waals surface area contributed by atoms with Gasteiger partial charge in [-0.25, -0.2) is 0 Å². The summed E-state index contributed by atoms with van der Waals surface area (Å²) in [4.78, 5) is 11.4. The summed E-state index contributed by atoms with van der Waals surface area (Å²) in [6.45, 7) is 7.63. The van der Waals surface area contributed by atoms with Gasteiger partial charge in [0.05, 0.1) is 13.2 Å². The number of ether oxygens (including phenoxy) is 1. The molecule has 3 saturated carbocycles. The van der Waals surface area contributed by atoms with Crippen LogP contribution >= 0.6 is 0 Å². The lowest BCUT2D eigenvalue weighted by molar-refractivity contribution is -0.140. The Hall–Kier alpha value is -0.830. The molecule has 30 heavy (non-hydrogen) atoms. The van der Waals surface area contributed by atoms with E-state index in [1.807, 2.05) is 0 Å². The maximum atomic E-state index is 11.4. The fourth-order valence-electron chi connectivity index (χ4n) is 8.66. The van der Waals surface area contributed by atoms with Crippen LogP contribution in [0.25, 0.3) is 0 Å². The Morgan fingerprint density at radius 3 is 2.73 bits per heavy atom. The van der Waals surface area contributed by atoms with Crippen molar-refractivity contribution in [3.63, 3.8) is 0 Å². The molecule has 0 saturated heterocycles. The third-order valence-corrected chi connectivity index (χ3v) is 10.4. The van der Waals surface area contributed by atoms with Crippen LogP contribution in [-0.4, -0.2) is 24.3 Å². The molecule has 0 aliphatic heterocycles. The minimum Gasteiger partial charge on any atom is -0.469 e. The van der Waals surface area contributed by atoms with Crippen LogP contribution in [0.3, 0.4) is 0 Å². The highest BCUT2D eigenvalue weighted by Crippen LogP contribution is 2.67. The number of allylic oxidation sites excluding steroid dienone is 1. The van der Waals surface area contributed by atoms with Crippen LogP contribution in [0.15, 0.2) is 11.6 Å². The Morgan fingerprint density at radius 2 is 1.97 bits per heavy atom. The van der Waals surface area contributed by atoms with Crippen molar-refractivity contribution in [3.05, 3.63) is 11.6 Å². The van der Waals surface area contributed by atoms with Gasteiger partial charge in [0.15, 0.2) is 0 Å². The quantitative estimate of drug-likeness (QED) is 0.314. The highest BCUT2D eigenvalue weighted by molar-refractivity contribution is 5.68.